The Kier molecular flexibility index (Phi) is 9.32. The van der Waals surface area contributed by atoms with E-state index in [1.807, 2.05) is 19.1 Å². The van der Waals surface area contributed by atoms with Crippen LogP contribution in [0.2, 0.25) is 0 Å². The number of aliphatic imine (C=N–C) groups is 1. The Morgan fingerprint density at radius 2 is 1.92 bits per heavy atom. The zero-order valence-corrected chi connectivity index (χ0v) is 24.9. The molecular weight excluding hydrogens is 603 g/mol. The normalized spacial score (nSPS) is 24.1. The van der Waals surface area contributed by atoms with Gasteiger partial charge < -0.3 is 10.6 Å². The fraction of sp³-hybridized carbons (Fsp3) is 0.667. The SMILES string of the molecule is CC(=O)Nc1ccc(CCS(=O)(=O)N2CCC3(CC2)N=C(C2CCC(CCCI)CC2)NC3=O)c(C)c1. The first-order chi connectivity index (χ1) is 17.6. The number of nitrogens with zero attached hydrogens (tertiary/aromatic N) is 2. The molecule has 4 rings (SSSR count). The summed E-state index contributed by atoms with van der Waals surface area (Å²) >= 11 is 2.44. The first-order valence-corrected chi connectivity index (χ1v) is 16.6. The Morgan fingerprint density at radius 3 is 2.54 bits per heavy atom. The number of hydrogen-bond donors (Lipinski definition) is 2. The van der Waals surface area contributed by atoms with Crippen LogP contribution in [0.25, 0.3) is 0 Å². The number of anilines is 1. The van der Waals surface area contributed by atoms with E-state index >= 15 is 0 Å². The largest absolute Gasteiger partial charge is 0.326 e. The third-order valence-electron chi connectivity index (χ3n) is 8.21. The maximum Gasteiger partial charge on any atom is 0.253 e. The number of amidine groups is 1. The van der Waals surface area contributed by atoms with Crippen molar-refractivity contribution in [2.24, 2.45) is 16.8 Å². The Hall–Kier alpha value is -1.53. The van der Waals surface area contributed by atoms with Crippen LogP contribution in [0.3, 0.4) is 0 Å². The summed E-state index contributed by atoms with van der Waals surface area (Å²) in [6.45, 7) is 4.01. The first-order valence-electron chi connectivity index (χ1n) is 13.4. The van der Waals surface area contributed by atoms with Crippen molar-refractivity contribution in [3.05, 3.63) is 29.3 Å². The van der Waals surface area contributed by atoms with Gasteiger partial charge in [-0.3, -0.25) is 14.6 Å². The third-order valence-corrected chi connectivity index (χ3v) is 10.8. The van der Waals surface area contributed by atoms with Crippen molar-refractivity contribution in [1.82, 2.24) is 9.62 Å². The molecule has 1 aromatic rings. The number of carbonyl (C=O) groups is 2. The van der Waals surface area contributed by atoms with Crippen molar-refractivity contribution in [1.29, 1.82) is 0 Å². The van der Waals surface area contributed by atoms with E-state index in [0.29, 0.717) is 44.0 Å². The molecule has 0 atom stereocenters. The molecule has 0 radical (unpaired) electrons. The highest BCUT2D eigenvalue weighted by molar-refractivity contribution is 14.1. The zero-order chi connectivity index (χ0) is 26.6. The summed E-state index contributed by atoms with van der Waals surface area (Å²) in [4.78, 5) is 29.2. The molecule has 3 aliphatic rings. The van der Waals surface area contributed by atoms with Gasteiger partial charge in [0.1, 0.15) is 11.4 Å². The number of sulfonamides is 1. The molecule has 1 saturated carbocycles. The lowest BCUT2D eigenvalue weighted by Crippen LogP contribution is -2.51. The van der Waals surface area contributed by atoms with E-state index in [2.05, 4.69) is 33.2 Å². The molecule has 1 spiro atoms. The monoisotopic (exact) mass is 642 g/mol. The average Bonchev–Trinajstić information content (AvgIpc) is 3.17. The molecule has 0 aromatic heterocycles. The van der Waals surface area contributed by atoms with Crippen LogP contribution in [0.15, 0.2) is 23.2 Å². The quantitative estimate of drug-likeness (QED) is 0.311. The fourth-order valence-corrected chi connectivity index (χ4v) is 7.84. The third kappa shape index (κ3) is 6.92. The van der Waals surface area contributed by atoms with Gasteiger partial charge in [0, 0.05) is 31.6 Å². The van der Waals surface area contributed by atoms with Crippen LogP contribution in [0, 0.1) is 18.8 Å². The van der Waals surface area contributed by atoms with Gasteiger partial charge in [-0.2, -0.15) is 0 Å². The molecule has 2 N–H and O–H groups in total. The number of hydrogen-bond acceptors (Lipinski definition) is 5. The van der Waals surface area contributed by atoms with Crippen LogP contribution in [0.4, 0.5) is 5.69 Å². The van der Waals surface area contributed by atoms with Crippen molar-refractivity contribution in [2.75, 3.05) is 28.6 Å². The lowest BCUT2D eigenvalue weighted by Gasteiger charge is -2.34. The number of halogens is 1. The number of piperidine rings is 1. The van der Waals surface area contributed by atoms with Gasteiger partial charge in [0.05, 0.1) is 5.75 Å². The summed E-state index contributed by atoms with van der Waals surface area (Å²) in [6, 6.07) is 5.53. The summed E-state index contributed by atoms with van der Waals surface area (Å²) in [5.74, 6) is 1.78. The van der Waals surface area contributed by atoms with E-state index in [4.69, 9.17) is 4.99 Å². The van der Waals surface area contributed by atoms with E-state index in [1.54, 1.807) is 6.07 Å². The predicted molar refractivity (Wildman–Crippen MR) is 156 cm³/mol. The smallest absolute Gasteiger partial charge is 0.253 e. The molecule has 204 valence electrons. The second kappa shape index (κ2) is 12.1. The summed E-state index contributed by atoms with van der Waals surface area (Å²) in [6.07, 6.45) is 8.38. The van der Waals surface area contributed by atoms with E-state index in [1.165, 1.54) is 41.3 Å². The average molecular weight is 643 g/mol. The number of rotatable bonds is 9. The molecule has 2 amide bonds. The number of nitrogens with one attached hydrogen (secondary N) is 2. The molecule has 8 nitrogen and oxygen atoms in total. The minimum absolute atomic E-state index is 0.0157. The second-order valence-corrected chi connectivity index (χ2v) is 14.0. The number of amides is 2. The van der Waals surface area contributed by atoms with Crippen LogP contribution in [0.5, 0.6) is 0 Å². The van der Waals surface area contributed by atoms with Gasteiger partial charge in [-0.25, -0.2) is 12.7 Å². The molecule has 0 unspecified atom stereocenters. The molecule has 2 fully saturated rings. The van der Waals surface area contributed by atoms with Crippen molar-refractivity contribution < 1.29 is 18.0 Å². The predicted octanol–water partition coefficient (Wildman–Crippen LogP) is 4.21. The minimum atomic E-state index is -3.46. The van der Waals surface area contributed by atoms with Gasteiger partial charge in [0.2, 0.25) is 15.9 Å². The summed E-state index contributed by atoms with van der Waals surface area (Å²) in [5.41, 5.74) is 1.79. The standard InChI is InChI=1S/C27H39IN4O4S/c1-19-18-24(29-20(2)33)10-9-22(19)11-17-37(35,36)32-15-12-27(13-16-32)26(34)30-25(31-27)23-7-5-21(6-8-23)4-3-14-28/h9-10,18,21,23H,3-8,11-17H2,1-2H3,(H,29,33)(H,30,31,34). The highest BCUT2D eigenvalue weighted by Crippen LogP contribution is 2.37. The maximum absolute atomic E-state index is 13.1. The topological polar surface area (TPSA) is 108 Å². The Labute approximate surface area is 234 Å². The molecule has 37 heavy (non-hydrogen) atoms. The number of aryl methyl sites for hydroxylation is 2. The van der Waals surface area contributed by atoms with Crippen molar-refractivity contribution in [3.63, 3.8) is 0 Å². The van der Waals surface area contributed by atoms with Crippen molar-refractivity contribution in [3.8, 4) is 0 Å². The van der Waals surface area contributed by atoms with Gasteiger partial charge in [-0.1, -0.05) is 28.7 Å². The van der Waals surface area contributed by atoms with Gasteiger partial charge in [0.15, 0.2) is 0 Å². The lowest BCUT2D eigenvalue weighted by atomic mass is 9.79. The van der Waals surface area contributed by atoms with Crippen LogP contribution in [-0.4, -0.2) is 59.2 Å². The second-order valence-electron chi connectivity index (χ2n) is 10.8. The Morgan fingerprint density at radius 1 is 1.22 bits per heavy atom. The minimum Gasteiger partial charge on any atom is -0.326 e. The highest BCUT2D eigenvalue weighted by atomic mass is 127. The molecule has 2 aliphatic heterocycles. The Balaban J connectivity index is 1.31. The van der Waals surface area contributed by atoms with E-state index < -0.39 is 15.6 Å². The summed E-state index contributed by atoms with van der Waals surface area (Å²) in [7, 11) is -3.46. The number of benzene rings is 1. The number of alkyl halides is 1. The van der Waals surface area contributed by atoms with Crippen LogP contribution >= 0.6 is 22.6 Å². The molecular formula is C27H39IN4O4S. The molecule has 1 aliphatic carbocycles. The van der Waals surface area contributed by atoms with Gasteiger partial charge in [-0.15, -0.1) is 0 Å². The molecule has 1 saturated heterocycles. The van der Waals surface area contributed by atoms with E-state index in [0.717, 1.165) is 35.7 Å². The van der Waals surface area contributed by atoms with Crippen molar-refractivity contribution >= 4 is 56.0 Å². The molecule has 0 bridgehead atoms. The fourth-order valence-electron chi connectivity index (χ4n) is 5.92. The number of carbonyl (C=O) groups excluding carboxylic acids is 2. The van der Waals surface area contributed by atoms with Gasteiger partial charge >= 0.3 is 0 Å². The van der Waals surface area contributed by atoms with Gasteiger partial charge in [-0.05, 0) is 98.3 Å². The van der Waals surface area contributed by atoms with E-state index in [-0.39, 0.29) is 17.6 Å². The molecule has 1 aromatic carbocycles. The van der Waals surface area contributed by atoms with E-state index in [9.17, 15) is 18.0 Å². The van der Waals surface area contributed by atoms with Crippen LogP contribution < -0.4 is 10.6 Å². The summed E-state index contributed by atoms with van der Waals surface area (Å²) in [5, 5.41) is 5.83. The maximum atomic E-state index is 13.1. The van der Waals surface area contributed by atoms with Crippen LogP contribution in [-0.2, 0) is 26.0 Å². The van der Waals surface area contributed by atoms with Crippen molar-refractivity contribution in [2.45, 2.75) is 77.2 Å². The lowest BCUT2D eigenvalue weighted by molar-refractivity contribution is -0.125. The van der Waals surface area contributed by atoms with Crippen LogP contribution in [0.1, 0.15) is 69.4 Å². The zero-order valence-electron chi connectivity index (χ0n) is 21.9. The Bertz CT molecular complexity index is 1140. The highest BCUT2D eigenvalue weighted by Gasteiger charge is 2.48. The molecule has 2 heterocycles. The summed E-state index contributed by atoms with van der Waals surface area (Å²) < 4.78 is 29.0. The molecule has 10 heteroatoms. The first kappa shape index (κ1) is 28.5. The van der Waals surface area contributed by atoms with Gasteiger partial charge in [0.25, 0.3) is 5.91 Å².